The molecule has 11 heavy (non-hydrogen) atoms. The predicted octanol–water partition coefficient (Wildman–Crippen LogP) is -2.19. The van der Waals surface area contributed by atoms with Crippen molar-refractivity contribution in [2.45, 2.75) is 6.32 Å². The zero-order valence-electron chi connectivity index (χ0n) is 6.41. The maximum absolute atomic E-state index is 8.39. The molecule has 0 unspecified atom stereocenters. The number of rotatable bonds is 2. The van der Waals surface area contributed by atoms with E-state index < -0.39 is 6.15 Å². The average Bonchev–Trinajstić information content (AvgIpc) is 2.01. The van der Waals surface area contributed by atoms with Gasteiger partial charge in [-0.1, -0.05) is 0 Å². The number of nitrogens with zero attached hydrogens (tertiary/aromatic N) is 3. The van der Waals surface area contributed by atoms with E-state index in [-0.39, 0.29) is 57.7 Å². The van der Waals surface area contributed by atoms with Gasteiger partial charge in [-0.25, -0.2) is 15.8 Å². The number of nitriles is 3. The molecular weight excluding hydrogens is 164 g/mol. The fourth-order valence-corrected chi connectivity index (χ4v) is 0.495. The van der Waals surface area contributed by atoms with E-state index in [0.29, 0.717) is 0 Å². The SMILES string of the molecule is C=CC[B-](C#N)(C#N)C#N.[K+]. The standard InChI is InChI=1S/C6H5BN3.K/c1-2-3-7(4-8,5-9)6-10;/h2H,1,3H2;/q-1;+1. The first-order valence-electron chi connectivity index (χ1n) is 2.76. The second-order valence-corrected chi connectivity index (χ2v) is 1.96. The van der Waals surface area contributed by atoms with Crippen molar-refractivity contribution in [3.8, 4) is 17.9 Å². The van der Waals surface area contributed by atoms with Gasteiger partial charge in [0.1, 0.15) is 0 Å². The van der Waals surface area contributed by atoms with Gasteiger partial charge in [-0.3, -0.25) is 0 Å². The third-order valence-electron chi connectivity index (χ3n) is 1.18. The van der Waals surface area contributed by atoms with E-state index >= 15 is 0 Å². The Balaban J connectivity index is 0. The van der Waals surface area contributed by atoms with E-state index in [1.165, 1.54) is 6.08 Å². The first kappa shape index (κ1) is 13.5. The molecule has 0 aliphatic heterocycles. The summed E-state index contributed by atoms with van der Waals surface area (Å²) in [6.45, 7) is 3.35. The summed E-state index contributed by atoms with van der Waals surface area (Å²) in [5.41, 5.74) is 0. The molecule has 0 atom stereocenters. The summed E-state index contributed by atoms with van der Waals surface area (Å²) in [4.78, 5) is 0. The fraction of sp³-hybridized carbons (Fsp3) is 0.167. The van der Waals surface area contributed by atoms with Crippen molar-refractivity contribution in [1.29, 1.82) is 15.8 Å². The van der Waals surface area contributed by atoms with Crippen molar-refractivity contribution in [3.63, 3.8) is 0 Å². The first-order valence-corrected chi connectivity index (χ1v) is 2.76. The summed E-state index contributed by atoms with van der Waals surface area (Å²) < 4.78 is 0. The van der Waals surface area contributed by atoms with Crippen LogP contribution in [0.2, 0.25) is 6.32 Å². The smallest absolute Gasteiger partial charge is 0.247 e. The molecule has 0 aliphatic carbocycles. The predicted molar refractivity (Wildman–Crippen MR) is 37.6 cm³/mol. The van der Waals surface area contributed by atoms with Crippen LogP contribution in [-0.4, -0.2) is 6.15 Å². The van der Waals surface area contributed by atoms with Crippen LogP contribution in [0.15, 0.2) is 12.7 Å². The van der Waals surface area contributed by atoms with Crippen LogP contribution in [0.5, 0.6) is 0 Å². The molecule has 0 aromatic heterocycles. The van der Waals surface area contributed by atoms with Crippen LogP contribution in [0.25, 0.3) is 0 Å². The largest absolute Gasteiger partial charge is 1.00 e. The summed E-state index contributed by atoms with van der Waals surface area (Å²) in [6, 6.07) is 0. The van der Waals surface area contributed by atoms with Crippen molar-refractivity contribution in [2.24, 2.45) is 0 Å². The van der Waals surface area contributed by atoms with Gasteiger partial charge in [-0.05, 0) is 0 Å². The van der Waals surface area contributed by atoms with Crippen LogP contribution in [0, 0.1) is 33.7 Å². The van der Waals surface area contributed by atoms with E-state index in [1.807, 2.05) is 0 Å². The van der Waals surface area contributed by atoms with Crippen molar-refractivity contribution in [1.82, 2.24) is 0 Å². The topological polar surface area (TPSA) is 71.4 Å². The van der Waals surface area contributed by atoms with Gasteiger partial charge in [0.15, 0.2) is 0 Å². The molecule has 0 rings (SSSR count). The Bertz CT molecular complexity index is 218. The minimum Gasteiger partial charge on any atom is -0.247 e. The van der Waals surface area contributed by atoms with Crippen LogP contribution in [0.3, 0.4) is 0 Å². The van der Waals surface area contributed by atoms with Crippen LogP contribution in [0.4, 0.5) is 0 Å². The number of hydrogen-bond donors (Lipinski definition) is 0. The molecule has 0 aromatic carbocycles. The average molecular weight is 169 g/mol. The minimum absolute atomic E-state index is 0. The maximum Gasteiger partial charge on any atom is 1.00 e. The molecule has 0 aliphatic rings. The molecule has 0 spiro atoms. The molecule has 0 N–H and O–H groups in total. The molecule has 0 radical (unpaired) electrons. The Morgan fingerprint density at radius 2 is 1.55 bits per heavy atom. The molecule has 3 nitrogen and oxygen atoms in total. The van der Waals surface area contributed by atoms with Gasteiger partial charge in [-0.2, -0.15) is 0 Å². The second kappa shape index (κ2) is 6.61. The number of hydrogen-bond acceptors (Lipinski definition) is 3. The molecule has 0 saturated carbocycles. The molecule has 0 aromatic rings. The van der Waals surface area contributed by atoms with Crippen LogP contribution in [0.1, 0.15) is 0 Å². The summed E-state index contributed by atoms with van der Waals surface area (Å²) in [6.07, 6.45) is -0.584. The molecule has 0 bridgehead atoms. The van der Waals surface area contributed by atoms with E-state index in [4.69, 9.17) is 15.8 Å². The van der Waals surface area contributed by atoms with Crippen molar-refractivity contribution < 1.29 is 51.4 Å². The second-order valence-electron chi connectivity index (χ2n) is 1.96. The van der Waals surface area contributed by atoms with Crippen LogP contribution < -0.4 is 51.4 Å². The normalized spacial score (nSPS) is 7.73. The van der Waals surface area contributed by atoms with Crippen molar-refractivity contribution >= 4 is 6.15 Å². The van der Waals surface area contributed by atoms with Gasteiger partial charge in [0, 0.05) is 0 Å². The fourth-order valence-electron chi connectivity index (χ4n) is 0.495. The monoisotopic (exact) mass is 169 g/mol. The van der Waals surface area contributed by atoms with Gasteiger partial charge in [0.05, 0.1) is 0 Å². The Morgan fingerprint density at radius 3 is 1.64 bits per heavy atom. The molecule has 48 valence electrons. The van der Waals surface area contributed by atoms with E-state index in [9.17, 15) is 0 Å². The molecular formula is C6H5BKN3. The number of allylic oxidation sites excluding steroid dienone is 1. The zero-order chi connectivity index (χ0) is 8.04. The summed E-state index contributed by atoms with van der Waals surface area (Å²) in [5, 5.41) is 25.2. The van der Waals surface area contributed by atoms with Crippen molar-refractivity contribution in [2.75, 3.05) is 0 Å². The van der Waals surface area contributed by atoms with Crippen LogP contribution in [-0.2, 0) is 0 Å². The summed E-state index contributed by atoms with van der Waals surface area (Å²) in [7, 11) is 0. The van der Waals surface area contributed by atoms with Gasteiger partial charge < -0.3 is 0 Å². The van der Waals surface area contributed by atoms with E-state index in [0.717, 1.165) is 0 Å². The Hall–Kier alpha value is -0.0887. The Kier molecular flexibility index (Phi) is 8.11. The Labute approximate surface area is 109 Å². The molecule has 0 fully saturated rings. The third-order valence-corrected chi connectivity index (χ3v) is 1.18. The van der Waals surface area contributed by atoms with Crippen molar-refractivity contribution in [3.05, 3.63) is 12.7 Å². The Morgan fingerprint density at radius 1 is 1.18 bits per heavy atom. The minimum atomic E-state index is -2.15. The van der Waals surface area contributed by atoms with Gasteiger partial charge in [0.25, 0.3) is 0 Å². The summed E-state index contributed by atoms with van der Waals surface area (Å²) >= 11 is 0. The molecule has 5 heteroatoms. The quantitative estimate of drug-likeness (QED) is 0.348. The third kappa shape index (κ3) is 3.72. The molecule has 0 heterocycles. The maximum atomic E-state index is 8.39. The van der Waals surface area contributed by atoms with E-state index in [2.05, 4.69) is 6.58 Å². The first-order chi connectivity index (χ1) is 4.74. The van der Waals surface area contributed by atoms with Gasteiger partial charge in [0.2, 0.25) is 0 Å². The molecule has 0 saturated heterocycles. The molecule has 0 amide bonds. The van der Waals surface area contributed by atoms with Gasteiger partial charge in [-0.15, -0.1) is 36.9 Å². The van der Waals surface area contributed by atoms with Gasteiger partial charge >= 0.3 is 57.5 Å². The van der Waals surface area contributed by atoms with E-state index in [1.54, 1.807) is 17.9 Å². The van der Waals surface area contributed by atoms with Crippen LogP contribution >= 0.6 is 0 Å². The zero-order valence-corrected chi connectivity index (χ0v) is 9.53. The summed E-state index contributed by atoms with van der Waals surface area (Å²) in [5.74, 6) is 5.05.